The highest BCUT2D eigenvalue weighted by Gasteiger charge is 2.38. The van der Waals surface area contributed by atoms with Crippen molar-refractivity contribution in [2.45, 2.75) is 38.9 Å². The Hall–Kier alpha value is -1.10. The molecule has 1 saturated heterocycles. The van der Waals surface area contributed by atoms with Crippen molar-refractivity contribution in [1.29, 1.82) is 0 Å². The van der Waals surface area contributed by atoms with Crippen LogP contribution in [0.1, 0.15) is 25.8 Å². The van der Waals surface area contributed by atoms with Crippen molar-refractivity contribution in [1.82, 2.24) is 0 Å². The van der Waals surface area contributed by atoms with Gasteiger partial charge in [-0.1, -0.05) is 6.92 Å². The van der Waals surface area contributed by atoms with Gasteiger partial charge in [0, 0.05) is 5.56 Å². The van der Waals surface area contributed by atoms with Gasteiger partial charge in [-0.3, -0.25) is 0 Å². The van der Waals surface area contributed by atoms with Crippen LogP contribution < -0.4 is 20.3 Å². The van der Waals surface area contributed by atoms with Crippen molar-refractivity contribution in [3.05, 3.63) is 29.8 Å². The van der Waals surface area contributed by atoms with Crippen LogP contribution in [0.3, 0.4) is 0 Å². The number of hydrogen-bond acceptors (Lipinski definition) is 1. The molecule has 1 aliphatic rings. The fraction of sp³-hybridized carbons (Fsp3) is 0.667. The minimum atomic E-state index is 0.752. The molecule has 4 heteroatoms. The molecule has 0 bridgehead atoms. The molecule has 0 radical (unpaired) electrons. The maximum Gasteiger partial charge on any atom is 0.127 e. The van der Waals surface area contributed by atoms with Gasteiger partial charge in [-0.2, -0.15) is 0 Å². The molecule has 5 N–H and O–H groups in total. The fourth-order valence-electron chi connectivity index (χ4n) is 3.87. The van der Waals surface area contributed by atoms with E-state index in [1.807, 2.05) is 0 Å². The lowest BCUT2D eigenvalue weighted by Gasteiger charge is -2.40. The van der Waals surface area contributed by atoms with E-state index in [1.54, 1.807) is 16.9 Å². The van der Waals surface area contributed by atoms with Crippen molar-refractivity contribution in [3.63, 3.8) is 0 Å². The summed E-state index contributed by atoms with van der Waals surface area (Å²) in [5.41, 5.74) is 5.50. The van der Waals surface area contributed by atoms with Gasteiger partial charge < -0.3 is 20.3 Å². The van der Waals surface area contributed by atoms with Gasteiger partial charge in [0.1, 0.15) is 31.4 Å². The third-order valence-electron chi connectivity index (χ3n) is 5.39. The first kappa shape index (κ1) is 17.3. The van der Waals surface area contributed by atoms with Gasteiger partial charge in [-0.25, -0.2) is 0 Å². The molecule has 22 heavy (non-hydrogen) atoms. The zero-order valence-electron chi connectivity index (χ0n) is 14.7. The summed E-state index contributed by atoms with van der Waals surface area (Å²) in [7, 11) is 4.06. The van der Waals surface area contributed by atoms with Crippen LogP contribution in [-0.4, -0.2) is 45.9 Å². The van der Waals surface area contributed by atoms with Crippen molar-refractivity contribution in [2.24, 2.45) is 5.92 Å². The largest absolute Gasteiger partial charge is 0.497 e. The molecule has 124 valence electrons. The van der Waals surface area contributed by atoms with Crippen LogP contribution in [-0.2, 0) is 6.54 Å². The van der Waals surface area contributed by atoms with Crippen LogP contribution in [0.5, 0.6) is 5.75 Å². The number of quaternary nitrogens is 3. The highest BCUT2D eigenvalue weighted by atomic mass is 16.5. The molecular formula is C18H34N3O+3. The van der Waals surface area contributed by atoms with Crippen LogP contribution in [0.25, 0.3) is 0 Å². The molecule has 1 aromatic carbocycles. The minimum absolute atomic E-state index is 0.752. The van der Waals surface area contributed by atoms with Gasteiger partial charge in [-0.15, -0.1) is 0 Å². The summed E-state index contributed by atoms with van der Waals surface area (Å²) >= 11 is 0. The van der Waals surface area contributed by atoms with Crippen LogP contribution in [0.4, 0.5) is 0 Å². The SMILES string of the molecule is COc1ccc(C[NH+](CC[NH3+])[C@@H]2C[C@H](C)[NH+](C)C[C@H]2C)cc1. The van der Waals surface area contributed by atoms with Crippen molar-refractivity contribution >= 4 is 0 Å². The normalized spacial score (nSPS) is 30.0. The van der Waals surface area contributed by atoms with E-state index in [0.29, 0.717) is 0 Å². The average molecular weight is 308 g/mol. The summed E-state index contributed by atoms with van der Waals surface area (Å²) in [5, 5.41) is 0. The smallest absolute Gasteiger partial charge is 0.127 e. The Morgan fingerprint density at radius 3 is 2.55 bits per heavy atom. The lowest BCUT2D eigenvalue weighted by Crippen LogP contribution is -3.22. The summed E-state index contributed by atoms with van der Waals surface area (Å²) < 4.78 is 5.26. The lowest BCUT2D eigenvalue weighted by atomic mass is 9.88. The van der Waals surface area contributed by atoms with E-state index in [2.05, 4.69) is 50.9 Å². The summed E-state index contributed by atoms with van der Waals surface area (Å²) in [6.07, 6.45) is 1.32. The third kappa shape index (κ3) is 4.22. The topological polar surface area (TPSA) is 45.8 Å². The molecule has 5 atom stereocenters. The van der Waals surface area contributed by atoms with E-state index in [4.69, 9.17) is 4.74 Å². The predicted octanol–water partition coefficient (Wildman–Crippen LogP) is -1.37. The van der Waals surface area contributed by atoms with Gasteiger partial charge >= 0.3 is 0 Å². The monoisotopic (exact) mass is 308 g/mol. The van der Waals surface area contributed by atoms with E-state index in [0.717, 1.165) is 43.4 Å². The Balaban J connectivity index is 2.07. The molecule has 2 unspecified atom stereocenters. The van der Waals surface area contributed by atoms with Crippen LogP contribution >= 0.6 is 0 Å². The summed E-state index contributed by atoms with van der Waals surface area (Å²) in [6, 6.07) is 10.1. The first-order chi connectivity index (χ1) is 10.5. The molecular weight excluding hydrogens is 274 g/mol. The predicted molar refractivity (Wildman–Crippen MR) is 89.1 cm³/mol. The lowest BCUT2D eigenvalue weighted by molar-refractivity contribution is -0.978. The molecule has 1 heterocycles. The molecule has 1 fully saturated rings. The number of hydrogen-bond donors (Lipinski definition) is 3. The van der Waals surface area contributed by atoms with Crippen LogP contribution in [0.2, 0.25) is 0 Å². The summed E-state index contributed by atoms with van der Waals surface area (Å²) in [6.45, 7) is 9.37. The highest BCUT2D eigenvalue weighted by Crippen LogP contribution is 2.12. The van der Waals surface area contributed by atoms with E-state index < -0.39 is 0 Å². The molecule has 0 saturated carbocycles. The van der Waals surface area contributed by atoms with Gasteiger partial charge in [0.15, 0.2) is 0 Å². The standard InChI is InChI=1S/C18H31N3O/c1-14-12-20(3)15(2)11-18(14)21(10-9-19)13-16-5-7-17(22-4)8-6-16/h5-8,14-15,18H,9-13,19H2,1-4H3/p+3/t14-,15+,18-/m1/s1. The Labute approximate surface area is 135 Å². The van der Waals surface area contributed by atoms with E-state index >= 15 is 0 Å². The molecule has 2 rings (SSSR count). The Morgan fingerprint density at radius 1 is 1.27 bits per heavy atom. The Morgan fingerprint density at radius 2 is 1.95 bits per heavy atom. The molecule has 0 amide bonds. The molecule has 0 spiro atoms. The maximum absolute atomic E-state index is 5.26. The first-order valence-electron chi connectivity index (χ1n) is 8.64. The van der Waals surface area contributed by atoms with E-state index in [1.165, 1.54) is 18.5 Å². The second kappa shape index (κ2) is 7.95. The van der Waals surface area contributed by atoms with Crippen molar-refractivity contribution in [2.75, 3.05) is 33.8 Å². The van der Waals surface area contributed by atoms with Crippen molar-refractivity contribution < 1.29 is 20.3 Å². The number of piperidine rings is 1. The number of nitrogens with one attached hydrogen (secondary N) is 2. The van der Waals surface area contributed by atoms with E-state index in [-0.39, 0.29) is 0 Å². The van der Waals surface area contributed by atoms with Gasteiger partial charge in [0.2, 0.25) is 0 Å². The minimum Gasteiger partial charge on any atom is -0.497 e. The average Bonchev–Trinajstić information content (AvgIpc) is 2.51. The van der Waals surface area contributed by atoms with Gasteiger partial charge in [0.05, 0.1) is 39.1 Å². The maximum atomic E-state index is 5.26. The van der Waals surface area contributed by atoms with E-state index in [9.17, 15) is 0 Å². The zero-order chi connectivity index (χ0) is 16.1. The number of likely N-dealkylation sites (tertiary alicyclic amines) is 1. The first-order valence-corrected chi connectivity index (χ1v) is 8.64. The van der Waals surface area contributed by atoms with Crippen LogP contribution in [0.15, 0.2) is 24.3 Å². The number of methoxy groups -OCH3 is 1. The van der Waals surface area contributed by atoms with Crippen molar-refractivity contribution in [3.8, 4) is 5.75 Å². The fourth-order valence-corrected chi connectivity index (χ4v) is 3.87. The van der Waals surface area contributed by atoms with Gasteiger partial charge in [-0.05, 0) is 31.2 Å². The molecule has 4 nitrogen and oxygen atoms in total. The summed E-state index contributed by atoms with van der Waals surface area (Å²) in [4.78, 5) is 3.38. The second-order valence-corrected chi connectivity index (χ2v) is 7.06. The molecule has 1 aliphatic heterocycles. The Bertz CT molecular complexity index is 448. The highest BCUT2D eigenvalue weighted by molar-refractivity contribution is 5.26. The number of ether oxygens (including phenoxy) is 1. The number of rotatable bonds is 6. The van der Waals surface area contributed by atoms with Gasteiger partial charge in [0.25, 0.3) is 0 Å². The zero-order valence-corrected chi connectivity index (χ0v) is 14.7. The summed E-state index contributed by atoms with van der Waals surface area (Å²) in [5.74, 6) is 1.71. The molecule has 1 aromatic rings. The molecule has 0 aliphatic carbocycles. The number of benzene rings is 1. The molecule has 0 aromatic heterocycles. The third-order valence-corrected chi connectivity index (χ3v) is 5.39. The quantitative estimate of drug-likeness (QED) is 0.597. The van der Waals surface area contributed by atoms with Crippen LogP contribution in [0, 0.1) is 5.92 Å². The second-order valence-electron chi connectivity index (χ2n) is 7.06. The Kier molecular flexibility index (Phi) is 6.24.